The van der Waals surface area contributed by atoms with Crippen LogP contribution in [0.5, 0.6) is 0 Å². The number of morpholine rings is 1. The molecule has 0 amide bonds. The molecule has 4 aromatic rings. The van der Waals surface area contributed by atoms with Gasteiger partial charge in [0.2, 0.25) is 0 Å². The van der Waals surface area contributed by atoms with Crippen LogP contribution in [-0.2, 0) is 11.3 Å². The molecule has 3 aromatic heterocycles. The van der Waals surface area contributed by atoms with Crippen molar-refractivity contribution in [1.82, 2.24) is 24.8 Å². The van der Waals surface area contributed by atoms with E-state index in [1.54, 1.807) is 6.20 Å². The molecular formula is C24H23N5O2. The molecule has 0 spiro atoms. The number of H-pyrrole nitrogens is 2. The largest absolute Gasteiger partial charge is 0.379 e. The second-order valence-electron chi connectivity index (χ2n) is 7.61. The zero-order valence-corrected chi connectivity index (χ0v) is 17.0. The van der Waals surface area contributed by atoms with E-state index in [1.165, 1.54) is 11.9 Å². The lowest BCUT2D eigenvalue weighted by Gasteiger charge is -2.26. The third-order valence-electron chi connectivity index (χ3n) is 5.46. The first-order valence-electron chi connectivity index (χ1n) is 10.3. The van der Waals surface area contributed by atoms with E-state index in [4.69, 9.17) is 4.74 Å². The maximum Gasteiger partial charge on any atom is 0.260 e. The number of hydrogen-bond acceptors (Lipinski definition) is 5. The third-order valence-corrected chi connectivity index (χ3v) is 5.46. The van der Waals surface area contributed by atoms with Gasteiger partial charge in [-0.1, -0.05) is 30.3 Å². The predicted molar refractivity (Wildman–Crippen MR) is 121 cm³/mol. The SMILES string of the molecule is O=c1[nH]cnc2[nH]c(-c3ccnc(/C=C/c4ccc(CN5CCOCC5)cc4)c3)cc12. The van der Waals surface area contributed by atoms with Gasteiger partial charge in [0.1, 0.15) is 5.65 Å². The van der Waals surface area contributed by atoms with Crippen LogP contribution in [0.1, 0.15) is 16.8 Å². The second kappa shape index (κ2) is 8.67. The van der Waals surface area contributed by atoms with Gasteiger partial charge >= 0.3 is 0 Å². The van der Waals surface area contributed by atoms with Crippen LogP contribution in [0.15, 0.2) is 59.8 Å². The number of nitrogens with one attached hydrogen (secondary N) is 2. The van der Waals surface area contributed by atoms with E-state index < -0.39 is 0 Å². The fraction of sp³-hybridized carbons (Fsp3) is 0.208. The van der Waals surface area contributed by atoms with Crippen molar-refractivity contribution in [3.05, 3.63) is 82.2 Å². The van der Waals surface area contributed by atoms with Crippen molar-refractivity contribution in [2.24, 2.45) is 0 Å². The number of pyridine rings is 1. The van der Waals surface area contributed by atoms with Crippen LogP contribution in [0.25, 0.3) is 34.4 Å². The van der Waals surface area contributed by atoms with Gasteiger partial charge < -0.3 is 14.7 Å². The van der Waals surface area contributed by atoms with Gasteiger partial charge in [0.25, 0.3) is 5.56 Å². The monoisotopic (exact) mass is 413 g/mol. The molecule has 0 bridgehead atoms. The number of aromatic amines is 2. The minimum Gasteiger partial charge on any atom is -0.379 e. The Morgan fingerprint density at radius 2 is 1.87 bits per heavy atom. The van der Waals surface area contributed by atoms with Gasteiger partial charge in [-0.25, -0.2) is 4.98 Å². The summed E-state index contributed by atoms with van der Waals surface area (Å²) in [6.07, 6.45) is 7.22. The lowest BCUT2D eigenvalue weighted by molar-refractivity contribution is 0.0342. The number of nitrogens with zero attached hydrogens (tertiary/aromatic N) is 3. The van der Waals surface area contributed by atoms with E-state index in [2.05, 4.69) is 55.2 Å². The number of hydrogen-bond donors (Lipinski definition) is 2. The lowest BCUT2D eigenvalue weighted by Crippen LogP contribution is -2.35. The van der Waals surface area contributed by atoms with Crippen LogP contribution in [0.2, 0.25) is 0 Å². The summed E-state index contributed by atoms with van der Waals surface area (Å²) in [5.41, 5.74) is 5.48. The van der Waals surface area contributed by atoms with Crippen molar-refractivity contribution in [2.45, 2.75) is 6.54 Å². The standard InChI is InChI=1S/C24H23N5O2/c30-24-21-14-22(28-23(21)26-16-27-24)19-7-8-25-20(13-19)6-5-17-1-3-18(4-2-17)15-29-9-11-31-12-10-29/h1-8,13-14,16H,9-12,15H2,(H2,26,27,28,30)/b6-5+. The average Bonchev–Trinajstić information content (AvgIpc) is 3.26. The Bertz CT molecular complexity index is 1270. The summed E-state index contributed by atoms with van der Waals surface area (Å²) in [6, 6.07) is 14.3. The summed E-state index contributed by atoms with van der Waals surface area (Å²) in [4.78, 5) is 28.8. The molecule has 7 nitrogen and oxygen atoms in total. The Morgan fingerprint density at radius 1 is 1.03 bits per heavy atom. The molecule has 0 saturated carbocycles. The number of aromatic nitrogens is 4. The number of benzene rings is 1. The zero-order chi connectivity index (χ0) is 21.0. The summed E-state index contributed by atoms with van der Waals surface area (Å²) in [7, 11) is 0. The normalized spacial score (nSPS) is 15.1. The van der Waals surface area contributed by atoms with Gasteiger partial charge in [-0.15, -0.1) is 0 Å². The van der Waals surface area contributed by atoms with Crippen molar-refractivity contribution in [2.75, 3.05) is 26.3 Å². The van der Waals surface area contributed by atoms with Gasteiger partial charge in [-0.2, -0.15) is 0 Å². The molecule has 7 heteroatoms. The Morgan fingerprint density at radius 3 is 2.68 bits per heavy atom. The van der Waals surface area contributed by atoms with E-state index in [0.717, 1.165) is 55.4 Å². The molecular weight excluding hydrogens is 390 g/mol. The molecule has 156 valence electrons. The fourth-order valence-electron chi connectivity index (χ4n) is 3.75. The first-order valence-corrected chi connectivity index (χ1v) is 10.3. The minimum atomic E-state index is -0.154. The Kier molecular flexibility index (Phi) is 5.43. The van der Waals surface area contributed by atoms with Crippen LogP contribution in [-0.4, -0.2) is 51.1 Å². The van der Waals surface area contributed by atoms with Gasteiger partial charge in [0.15, 0.2) is 0 Å². The van der Waals surface area contributed by atoms with Crippen molar-refractivity contribution in [3.63, 3.8) is 0 Å². The minimum absolute atomic E-state index is 0.154. The number of ether oxygens (including phenoxy) is 1. The highest BCUT2D eigenvalue weighted by Gasteiger charge is 2.10. The van der Waals surface area contributed by atoms with Crippen molar-refractivity contribution < 1.29 is 4.74 Å². The van der Waals surface area contributed by atoms with Crippen molar-refractivity contribution in [1.29, 1.82) is 0 Å². The summed E-state index contributed by atoms with van der Waals surface area (Å²) in [6.45, 7) is 4.57. The molecule has 1 aromatic carbocycles. The van der Waals surface area contributed by atoms with Gasteiger partial charge in [-0.05, 0) is 35.4 Å². The smallest absolute Gasteiger partial charge is 0.260 e. The molecule has 1 aliphatic rings. The first kappa shape index (κ1) is 19.4. The van der Waals surface area contributed by atoms with Crippen LogP contribution in [0.3, 0.4) is 0 Å². The quantitative estimate of drug-likeness (QED) is 0.524. The van der Waals surface area contributed by atoms with E-state index in [1.807, 2.05) is 24.3 Å². The Labute approximate surface area is 179 Å². The van der Waals surface area contributed by atoms with Gasteiger partial charge in [-0.3, -0.25) is 14.7 Å². The van der Waals surface area contributed by atoms with E-state index in [0.29, 0.717) is 11.0 Å². The fourth-order valence-corrected chi connectivity index (χ4v) is 3.75. The molecule has 31 heavy (non-hydrogen) atoms. The molecule has 0 radical (unpaired) electrons. The van der Waals surface area contributed by atoms with Crippen LogP contribution >= 0.6 is 0 Å². The first-order chi connectivity index (χ1) is 15.2. The molecule has 0 atom stereocenters. The maximum atomic E-state index is 11.9. The molecule has 0 unspecified atom stereocenters. The highest BCUT2D eigenvalue weighted by Crippen LogP contribution is 2.22. The van der Waals surface area contributed by atoms with E-state index in [-0.39, 0.29) is 5.56 Å². The highest BCUT2D eigenvalue weighted by molar-refractivity contribution is 5.82. The lowest BCUT2D eigenvalue weighted by atomic mass is 10.1. The topological polar surface area (TPSA) is 86.9 Å². The summed E-state index contributed by atoms with van der Waals surface area (Å²) < 4.78 is 5.41. The molecule has 4 heterocycles. The average molecular weight is 413 g/mol. The summed E-state index contributed by atoms with van der Waals surface area (Å²) in [5, 5.41) is 0.545. The summed E-state index contributed by atoms with van der Waals surface area (Å²) >= 11 is 0. The highest BCUT2D eigenvalue weighted by atomic mass is 16.5. The van der Waals surface area contributed by atoms with Crippen molar-refractivity contribution >= 4 is 23.2 Å². The molecule has 0 aliphatic carbocycles. The summed E-state index contributed by atoms with van der Waals surface area (Å²) in [5.74, 6) is 0. The van der Waals surface area contributed by atoms with Gasteiger partial charge in [0, 0.05) is 37.1 Å². The van der Waals surface area contributed by atoms with Crippen LogP contribution < -0.4 is 5.56 Å². The van der Waals surface area contributed by atoms with Gasteiger partial charge in [0.05, 0.1) is 30.6 Å². The van der Waals surface area contributed by atoms with Crippen LogP contribution in [0, 0.1) is 0 Å². The molecule has 5 rings (SSSR count). The van der Waals surface area contributed by atoms with Crippen molar-refractivity contribution in [3.8, 4) is 11.3 Å². The third kappa shape index (κ3) is 4.47. The Hall–Kier alpha value is -3.55. The Balaban J connectivity index is 1.30. The second-order valence-corrected chi connectivity index (χ2v) is 7.61. The zero-order valence-electron chi connectivity index (χ0n) is 17.0. The molecule has 2 N–H and O–H groups in total. The number of rotatable bonds is 5. The molecule has 1 aliphatic heterocycles. The van der Waals surface area contributed by atoms with E-state index >= 15 is 0 Å². The predicted octanol–water partition coefficient (Wildman–Crippen LogP) is 3.32. The number of fused-ring (bicyclic) bond motifs is 1. The maximum absolute atomic E-state index is 11.9. The van der Waals surface area contributed by atoms with E-state index in [9.17, 15) is 4.79 Å². The molecule has 1 fully saturated rings. The van der Waals surface area contributed by atoms with Crippen LogP contribution in [0.4, 0.5) is 0 Å². The molecule has 1 saturated heterocycles.